The minimum Gasteiger partial charge on any atom is -0.508 e. The van der Waals surface area contributed by atoms with Crippen LogP contribution in [0.4, 0.5) is 0 Å². The van der Waals surface area contributed by atoms with E-state index in [0.717, 1.165) is 5.56 Å². The fraction of sp³-hybridized carbons (Fsp3) is 0.152. The molecule has 0 bridgehead atoms. The third-order valence-electron chi connectivity index (χ3n) is 7.16. The van der Waals surface area contributed by atoms with Crippen molar-refractivity contribution in [2.24, 2.45) is 5.73 Å². The molecule has 6 rings (SSSR count). The van der Waals surface area contributed by atoms with Crippen LogP contribution in [0.3, 0.4) is 0 Å². The molecule has 0 fully saturated rings. The van der Waals surface area contributed by atoms with Crippen molar-refractivity contribution in [2.75, 3.05) is 0 Å². The Balaban J connectivity index is 0.000000184. The number of aromatic hydroxyl groups is 2. The first-order valence-electron chi connectivity index (χ1n) is 13.8. The first-order chi connectivity index (χ1) is 21.6. The molecule has 2 heterocycles. The molecule has 4 aromatic rings. The van der Waals surface area contributed by atoms with Crippen LogP contribution in [0, 0.1) is 0 Å². The Hall–Kier alpha value is -5.88. The van der Waals surface area contributed by atoms with Crippen molar-refractivity contribution in [1.82, 2.24) is 5.48 Å². The summed E-state index contributed by atoms with van der Waals surface area (Å²) in [5.74, 6) is -2.04. The van der Waals surface area contributed by atoms with Crippen molar-refractivity contribution >= 4 is 23.8 Å². The van der Waals surface area contributed by atoms with Crippen molar-refractivity contribution in [3.8, 4) is 23.0 Å². The molecule has 0 radical (unpaired) electrons. The van der Waals surface area contributed by atoms with Crippen LogP contribution < -0.4 is 16.0 Å². The molecule has 45 heavy (non-hydrogen) atoms. The second-order valence-corrected chi connectivity index (χ2v) is 10.2. The van der Waals surface area contributed by atoms with Gasteiger partial charge < -0.3 is 35.4 Å². The topological polar surface area (TPSA) is 195 Å². The SMILES string of the molecule is NC(=O)CC[C@H](NOC(=O)Cc1ccccc1)C(=O)O.O=C1OC2(c3ccc(O)cc3Oc3cc(O)ccc32)c2ccccc21. The van der Waals surface area contributed by atoms with Crippen LogP contribution in [0.5, 0.6) is 23.0 Å². The highest BCUT2D eigenvalue weighted by Gasteiger charge is 2.53. The minimum atomic E-state index is -1.22. The molecule has 230 valence electrons. The second kappa shape index (κ2) is 12.8. The molecular weight excluding hydrogens is 584 g/mol. The van der Waals surface area contributed by atoms with E-state index in [9.17, 15) is 29.4 Å². The van der Waals surface area contributed by atoms with E-state index in [1.807, 2.05) is 18.2 Å². The van der Waals surface area contributed by atoms with E-state index < -0.39 is 35.5 Å². The van der Waals surface area contributed by atoms with Crippen molar-refractivity contribution < 1.29 is 48.8 Å². The van der Waals surface area contributed by atoms with Crippen molar-refractivity contribution in [3.63, 3.8) is 0 Å². The number of hydroxylamine groups is 1. The van der Waals surface area contributed by atoms with Gasteiger partial charge in [-0.3, -0.25) is 14.4 Å². The maximum Gasteiger partial charge on any atom is 0.340 e. The summed E-state index contributed by atoms with van der Waals surface area (Å²) in [7, 11) is 0. The largest absolute Gasteiger partial charge is 0.508 e. The standard InChI is InChI=1S/C20H12O5.C13H16N2O5/c21-11-5-7-15-17(9-11)24-18-10-12(22)6-8-16(18)20(15)14-4-2-1-3-13(14)19(23)25-20;14-11(16)7-6-10(13(18)19)15-20-12(17)8-9-4-2-1-3-5-9/h1-10,21-22H;1-5,10,15H,6-8H2,(H2,14,16)(H,18,19)/t;10-/m.0/s1. The Bertz CT molecular complexity index is 1720. The first-order valence-corrected chi connectivity index (χ1v) is 13.8. The average molecular weight is 613 g/mol. The van der Waals surface area contributed by atoms with Crippen LogP contribution in [0.15, 0.2) is 91.0 Å². The summed E-state index contributed by atoms with van der Waals surface area (Å²) in [6, 6.07) is 24.3. The Morgan fingerprint density at radius 2 is 1.44 bits per heavy atom. The molecule has 2 aliphatic heterocycles. The fourth-order valence-corrected chi connectivity index (χ4v) is 5.11. The number of rotatable bonds is 8. The highest BCUT2D eigenvalue weighted by atomic mass is 16.7. The molecule has 0 aromatic heterocycles. The van der Waals surface area contributed by atoms with Gasteiger partial charge in [0.05, 0.1) is 12.0 Å². The summed E-state index contributed by atoms with van der Waals surface area (Å²) in [6.07, 6.45) is -0.139. The average Bonchev–Trinajstić information content (AvgIpc) is 3.30. The smallest absolute Gasteiger partial charge is 0.340 e. The molecule has 2 aliphatic rings. The number of nitrogens with one attached hydrogen (secondary N) is 1. The highest BCUT2D eigenvalue weighted by molar-refractivity contribution is 5.97. The van der Waals surface area contributed by atoms with E-state index in [4.69, 9.17) is 20.3 Å². The number of phenolic OH excluding ortho intramolecular Hbond substituents is 2. The van der Waals surface area contributed by atoms with E-state index in [1.54, 1.807) is 48.5 Å². The number of hydrogen-bond donors (Lipinski definition) is 5. The van der Waals surface area contributed by atoms with Gasteiger partial charge in [-0.1, -0.05) is 48.5 Å². The lowest BCUT2D eigenvalue weighted by molar-refractivity contribution is -0.157. The van der Waals surface area contributed by atoms with Gasteiger partial charge in [-0.05, 0) is 42.3 Å². The van der Waals surface area contributed by atoms with Crippen molar-refractivity contribution in [2.45, 2.75) is 30.9 Å². The number of esters is 1. The lowest BCUT2D eigenvalue weighted by Gasteiger charge is -2.36. The van der Waals surface area contributed by atoms with E-state index in [2.05, 4.69) is 10.3 Å². The Morgan fingerprint density at radius 3 is 2.04 bits per heavy atom. The second-order valence-electron chi connectivity index (χ2n) is 10.2. The van der Waals surface area contributed by atoms with Crippen LogP contribution >= 0.6 is 0 Å². The van der Waals surface area contributed by atoms with Gasteiger partial charge in [0, 0.05) is 35.2 Å². The molecule has 4 aromatic carbocycles. The summed E-state index contributed by atoms with van der Waals surface area (Å²) in [5, 5.41) is 28.5. The van der Waals surface area contributed by atoms with Crippen molar-refractivity contribution in [3.05, 3.63) is 119 Å². The number of carboxylic acid groups (broad SMARTS) is 1. The molecule has 0 saturated carbocycles. The number of phenols is 2. The van der Waals surface area contributed by atoms with E-state index in [1.165, 1.54) is 24.3 Å². The molecule has 1 amide bonds. The Labute approximate surface area is 256 Å². The molecule has 0 aliphatic carbocycles. The van der Waals surface area contributed by atoms with Crippen LogP contribution in [0.2, 0.25) is 0 Å². The molecule has 1 atom stereocenters. The number of benzene rings is 4. The third-order valence-corrected chi connectivity index (χ3v) is 7.16. The lowest BCUT2D eigenvalue weighted by Crippen LogP contribution is -2.39. The molecule has 12 heteroatoms. The third kappa shape index (κ3) is 6.40. The van der Waals surface area contributed by atoms with Crippen LogP contribution in [0.25, 0.3) is 0 Å². The van der Waals surface area contributed by atoms with E-state index in [-0.39, 0.29) is 30.8 Å². The van der Waals surface area contributed by atoms with Crippen LogP contribution in [0.1, 0.15) is 45.5 Å². The number of nitrogens with two attached hydrogens (primary N) is 1. The summed E-state index contributed by atoms with van der Waals surface area (Å²) in [4.78, 5) is 50.2. The number of carbonyl (C=O) groups is 4. The van der Waals surface area contributed by atoms with Gasteiger partial charge in [0.1, 0.15) is 29.0 Å². The maximum absolute atomic E-state index is 12.5. The van der Waals surface area contributed by atoms with Gasteiger partial charge in [-0.2, -0.15) is 0 Å². The number of aliphatic carboxylic acids is 1. The summed E-state index contributed by atoms with van der Waals surface area (Å²) >= 11 is 0. The Kier molecular flexibility index (Phi) is 8.68. The number of fused-ring (bicyclic) bond motifs is 6. The quantitative estimate of drug-likeness (QED) is 0.144. The zero-order valence-electron chi connectivity index (χ0n) is 23.6. The van der Waals surface area contributed by atoms with Crippen LogP contribution in [-0.4, -0.2) is 45.2 Å². The normalized spacial score (nSPS) is 13.9. The predicted octanol–water partition coefficient (Wildman–Crippen LogP) is 3.66. The summed E-state index contributed by atoms with van der Waals surface area (Å²) < 4.78 is 11.8. The fourth-order valence-electron chi connectivity index (χ4n) is 5.11. The number of primary amides is 1. The van der Waals surface area contributed by atoms with Crippen LogP contribution in [-0.2, 0) is 36.0 Å². The number of carbonyl (C=O) groups excluding carboxylic acids is 3. The number of carboxylic acids is 1. The van der Waals surface area contributed by atoms with Gasteiger partial charge in [-0.25, -0.2) is 4.79 Å². The van der Waals surface area contributed by atoms with Gasteiger partial charge >= 0.3 is 17.9 Å². The maximum atomic E-state index is 12.5. The predicted molar refractivity (Wildman–Crippen MR) is 157 cm³/mol. The molecule has 0 saturated heterocycles. The van der Waals surface area contributed by atoms with E-state index >= 15 is 0 Å². The Morgan fingerprint density at radius 1 is 0.844 bits per heavy atom. The monoisotopic (exact) mass is 612 g/mol. The molecular formula is C33H28N2O10. The molecule has 0 unspecified atom stereocenters. The van der Waals surface area contributed by atoms with Crippen molar-refractivity contribution in [1.29, 1.82) is 0 Å². The zero-order valence-corrected chi connectivity index (χ0v) is 23.6. The van der Waals surface area contributed by atoms with Gasteiger partial charge in [0.25, 0.3) is 0 Å². The summed E-state index contributed by atoms with van der Waals surface area (Å²) in [6.45, 7) is 0. The first kappa shape index (κ1) is 30.6. The lowest BCUT2D eigenvalue weighted by atomic mass is 9.77. The summed E-state index contributed by atoms with van der Waals surface area (Å²) in [5.41, 5.74) is 9.11. The number of amides is 1. The molecule has 6 N–H and O–H groups in total. The number of ether oxygens (including phenoxy) is 2. The van der Waals surface area contributed by atoms with Gasteiger partial charge in [-0.15, -0.1) is 5.48 Å². The molecule has 12 nitrogen and oxygen atoms in total. The molecule has 1 spiro atoms. The zero-order chi connectivity index (χ0) is 32.1. The number of hydrogen-bond acceptors (Lipinski definition) is 10. The van der Waals surface area contributed by atoms with Gasteiger partial charge in [0.2, 0.25) is 5.91 Å². The highest BCUT2D eigenvalue weighted by Crippen LogP contribution is 2.56. The minimum absolute atomic E-state index is 0.0238. The van der Waals surface area contributed by atoms with E-state index in [0.29, 0.717) is 33.8 Å². The van der Waals surface area contributed by atoms with Gasteiger partial charge in [0.15, 0.2) is 5.60 Å².